The fraction of sp³-hybridized carbons (Fsp3) is 0.492. The van der Waals surface area contributed by atoms with Crippen LogP contribution in [0.15, 0.2) is 182 Å². The van der Waals surface area contributed by atoms with E-state index in [-0.39, 0.29) is 38.4 Å². The lowest BCUT2D eigenvalue weighted by atomic mass is 10.2. The Labute approximate surface area is 434 Å². The molecule has 392 valence electrons. The van der Waals surface area contributed by atoms with Crippen molar-refractivity contribution >= 4 is 17.9 Å². The van der Waals surface area contributed by atoms with E-state index in [1.807, 2.05) is 12.2 Å². The van der Waals surface area contributed by atoms with Crippen LogP contribution in [0.2, 0.25) is 0 Å². The topological polar surface area (TPSA) is 78.9 Å². The highest BCUT2D eigenvalue weighted by molar-refractivity contribution is 5.71. The summed E-state index contributed by atoms with van der Waals surface area (Å²) >= 11 is 0. The molecule has 0 heterocycles. The van der Waals surface area contributed by atoms with Crippen molar-refractivity contribution in [3.63, 3.8) is 0 Å². The molecule has 0 aromatic rings. The maximum absolute atomic E-state index is 12.8. The average molecular weight is 973 g/mol. The number of rotatable bonds is 46. The highest BCUT2D eigenvalue weighted by Gasteiger charge is 2.19. The second-order valence-corrected chi connectivity index (χ2v) is 17.0. The van der Waals surface area contributed by atoms with E-state index in [1.165, 1.54) is 25.7 Å². The third-order valence-corrected chi connectivity index (χ3v) is 10.4. The first-order chi connectivity index (χ1) is 35.0. The van der Waals surface area contributed by atoms with Crippen LogP contribution >= 0.6 is 0 Å². The first kappa shape index (κ1) is 65.5. The summed E-state index contributed by atoms with van der Waals surface area (Å²) in [5, 5.41) is 0. The van der Waals surface area contributed by atoms with Crippen molar-refractivity contribution in [2.75, 3.05) is 13.2 Å². The van der Waals surface area contributed by atoms with E-state index in [0.717, 1.165) is 103 Å². The Balaban J connectivity index is 4.72. The Bertz CT molecular complexity index is 1730. The van der Waals surface area contributed by atoms with E-state index in [2.05, 4.69) is 191 Å². The van der Waals surface area contributed by atoms with E-state index in [1.54, 1.807) is 0 Å². The summed E-state index contributed by atoms with van der Waals surface area (Å²) in [5.74, 6) is -1.17. The molecule has 0 radical (unpaired) electrons. The van der Waals surface area contributed by atoms with Gasteiger partial charge in [-0.2, -0.15) is 0 Å². The lowest BCUT2D eigenvalue weighted by Crippen LogP contribution is -2.30. The van der Waals surface area contributed by atoms with Crippen LogP contribution in [-0.4, -0.2) is 37.2 Å². The van der Waals surface area contributed by atoms with Gasteiger partial charge in [-0.25, -0.2) is 0 Å². The average Bonchev–Trinajstić information content (AvgIpc) is 3.37. The molecule has 6 heteroatoms. The fourth-order valence-electron chi connectivity index (χ4n) is 6.38. The molecule has 0 amide bonds. The van der Waals surface area contributed by atoms with Gasteiger partial charge in [0.1, 0.15) is 13.2 Å². The van der Waals surface area contributed by atoms with Crippen molar-refractivity contribution in [1.82, 2.24) is 0 Å². The van der Waals surface area contributed by atoms with Gasteiger partial charge in [0.05, 0.1) is 0 Å². The van der Waals surface area contributed by atoms with Crippen LogP contribution in [0.4, 0.5) is 0 Å². The standard InChI is InChI=1S/C65H96O6/c1-4-7-10-13-16-19-22-25-28-31-32-35-37-40-43-46-49-52-55-58-64(67)70-61-62(71-65(68)59-56-53-50-47-44-41-38-34-30-27-24-21-18-15-12-9-6-3)60-69-63(66)57-54-51-48-45-42-39-36-33-29-26-23-20-17-14-11-8-5-2/h7,9-10,12,16-21,25-30,32,35-36,38-41,43,45,47-50,52,62H,4-6,8,11,13-15,22-24,31,33-34,37,42,44,46,51,53-61H2,1-3H3/b10-7-,12-9-,19-16-,20-17-,21-18-,28-25-,29-26-,30-27-,35-32-,39-36-,41-38-,43-40-,48-45-,50-47-,52-49-/t62-/m0/s1. The van der Waals surface area contributed by atoms with Crippen LogP contribution < -0.4 is 0 Å². The number of carbonyl (C=O) groups excluding carboxylic acids is 3. The maximum atomic E-state index is 12.8. The van der Waals surface area contributed by atoms with Gasteiger partial charge in [0, 0.05) is 19.3 Å². The van der Waals surface area contributed by atoms with Crippen LogP contribution in [0.1, 0.15) is 188 Å². The lowest BCUT2D eigenvalue weighted by molar-refractivity contribution is -0.166. The van der Waals surface area contributed by atoms with E-state index in [4.69, 9.17) is 14.2 Å². The highest BCUT2D eigenvalue weighted by atomic mass is 16.6. The van der Waals surface area contributed by atoms with Crippen molar-refractivity contribution in [2.24, 2.45) is 0 Å². The summed E-state index contributed by atoms with van der Waals surface area (Å²) in [7, 11) is 0. The minimum atomic E-state index is -0.872. The third-order valence-electron chi connectivity index (χ3n) is 10.4. The molecule has 0 rings (SSSR count). The first-order valence-corrected chi connectivity index (χ1v) is 27.3. The van der Waals surface area contributed by atoms with E-state index in [9.17, 15) is 14.4 Å². The summed E-state index contributed by atoms with van der Waals surface area (Å²) in [5.41, 5.74) is 0. The Hall–Kier alpha value is -5.49. The molecule has 0 N–H and O–H groups in total. The van der Waals surface area contributed by atoms with Gasteiger partial charge in [-0.05, 0) is 135 Å². The van der Waals surface area contributed by atoms with Crippen molar-refractivity contribution in [1.29, 1.82) is 0 Å². The number of unbranched alkanes of at least 4 members (excludes halogenated alkanes) is 5. The second-order valence-electron chi connectivity index (χ2n) is 17.0. The quantitative estimate of drug-likeness (QED) is 0.0262. The lowest BCUT2D eigenvalue weighted by Gasteiger charge is -2.18. The van der Waals surface area contributed by atoms with E-state index >= 15 is 0 Å². The van der Waals surface area contributed by atoms with Crippen LogP contribution in [0.5, 0.6) is 0 Å². The Morgan fingerprint density at radius 3 is 0.887 bits per heavy atom. The number of ether oxygens (including phenoxy) is 3. The van der Waals surface area contributed by atoms with Gasteiger partial charge >= 0.3 is 17.9 Å². The molecule has 0 aliphatic carbocycles. The monoisotopic (exact) mass is 973 g/mol. The molecule has 0 fully saturated rings. The number of hydrogen-bond acceptors (Lipinski definition) is 6. The van der Waals surface area contributed by atoms with Gasteiger partial charge in [-0.3, -0.25) is 14.4 Å². The zero-order valence-corrected chi connectivity index (χ0v) is 44.6. The zero-order valence-electron chi connectivity index (χ0n) is 44.6. The summed E-state index contributed by atoms with van der Waals surface area (Å²) in [4.78, 5) is 38.0. The maximum Gasteiger partial charge on any atom is 0.306 e. The zero-order chi connectivity index (χ0) is 51.4. The molecule has 0 aliphatic rings. The second kappa shape index (κ2) is 57.1. The molecule has 71 heavy (non-hydrogen) atoms. The predicted molar refractivity (Wildman–Crippen MR) is 306 cm³/mol. The summed E-state index contributed by atoms with van der Waals surface area (Å²) in [6.07, 6.45) is 86.1. The van der Waals surface area contributed by atoms with E-state index < -0.39 is 18.0 Å². The van der Waals surface area contributed by atoms with Crippen LogP contribution in [0.25, 0.3) is 0 Å². The van der Waals surface area contributed by atoms with Crippen molar-refractivity contribution in [2.45, 2.75) is 194 Å². The smallest absolute Gasteiger partial charge is 0.306 e. The Morgan fingerprint density at radius 1 is 0.296 bits per heavy atom. The number of allylic oxidation sites excluding steroid dienone is 30. The molecule has 0 saturated heterocycles. The number of carbonyl (C=O) groups is 3. The largest absolute Gasteiger partial charge is 0.462 e. The summed E-state index contributed by atoms with van der Waals surface area (Å²) in [6, 6.07) is 0. The summed E-state index contributed by atoms with van der Waals surface area (Å²) in [6.45, 7) is 6.19. The SMILES string of the molecule is CC/C=C\C/C=C\C/C=C\C/C=C\C/C=C\C/C=C\CCC(=O)OC[C@H](COC(=O)CCC/C=C\C/C=C\C/C=C\C/C=C\CCCCC)OC(=O)CCC/C=C\C/C=C\C/C=C\C/C=C\C/C=C\CC. The van der Waals surface area contributed by atoms with Crippen molar-refractivity contribution < 1.29 is 28.6 Å². The molecular formula is C65H96O6. The minimum absolute atomic E-state index is 0.163. The van der Waals surface area contributed by atoms with Gasteiger partial charge in [0.15, 0.2) is 6.10 Å². The molecular weight excluding hydrogens is 877 g/mol. The molecule has 0 aromatic carbocycles. The molecule has 0 spiro atoms. The molecule has 6 nitrogen and oxygen atoms in total. The normalized spacial score (nSPS) is 13.6. The van der Waals surface area contributed by atoms with Gasteiger partial charge in [0.25, 0.3) is 0 Å². The van der Waals surface area contributed by atoms with Gasteiger partial charge < -0.3 is 14.2 Å². The molecule has 0 bridgehead atoms. The number of hydrogen-bond donors (Lipinski definition) is 0. The molecule has 0 aromatic heterocycles. The predicted octanol–water partition coefficient (Wildman–Crippen LogP) is 18.5. The van der Waals surface area contributed by atoms with Crippen LogP contribution in [-0.2, 0) is 28.6 Å². The van der Waals surface area contributed by atoms with Gasteiger partial charge in [0.2, 0.25) is 0 Å². The highest BCUT2D eigenvalue weighted by Crippen LogP contribution is 2.08. The van der Waals surface area contributed by atoms with Gasteiger partial charge in [-0.15, -0.1) is 0 Å². The summed E-state index contributed by atoms with van der Waals surface area (Å²) < 4.78 is 16.7. The van der Waals surface area contributed by atoms with E-state index in [0.29, 0.717) is 19.3 Å². The van der Waals surface area contributed by atoms with Gasteiger partial charge in [-0.1, -0.05) is 216 Å². The Kier molecular flexibility index (Phi) is 52.7. The minimum Gasteiger partial charge on any atom is -0.462 e. The molecule has 0 aliphatic heterocycles. The van der Waals surface area contributed by atoms with Crippen LogP contribution in [0.3, 0.4) is 0 Å². The molecule has 1 atom stereocenters. The number of esters is 3. The Morgan fingerprint density at radius 2 is 0.563 bits per heavy atom. The fourth-order valence-corrected chi connectivity index (χ4v) is 6.38. The molecule has 0 saturated carbocycles. The van der Waals surface area contributed by atoms with Crippen LogP contribution in [0, 0.1) is 0 Å². The molecule has 0 unspecified atom stereocenters. The third kappa shape index (κ3) is 55.3. The van der Waals surface area contributed by atoms with Crippen molar-refractivity contribution in [3.8, 4) is 0 Å². The van der Waals surface area contributed by atoms with Crippen molar-refractivity contribution in [3.05, 3.63) is 182 Å². The first-order valence-electron chi connectivity index (χ1n) is 27.3.